The molecule has 6 heteroatoms. The van der Waals surface area contributed by atoms with Crippen LogP contribution in [0.3, 0.4) is 0 Å². The minimum Gasteiger partial charge on any atom is -0.496 e. The third-order valence-corrected chi connectivity index (χ3v) is 1.80. The number of ether oxygens (including phenoxy) is 1. The molecule has 0 saturated carbocycles. The molecule has 0 radical (unpaired) electrons. The second-order valence-electron chi connectivity index (χ2n) is 2.74. The molecular weight excluding hydrogens is 231 g/mol. The summed E-state index contributed by atoms with van der Waals surface area (Å²) in [6.45, 7) is 0.0765. The van der Waals surface area contributed by atoms with Gasteiger partial charge in [0.05, 0.1) is 12.7 Å². The van der Waals surface area contributed by atoms with E-state index < -0.39 is 11.7 Å². The van der Waals surface area contributed by atoms with Gasteiger partial charge in [0.15, 0.2) is 0 Å². The summed E-state index contributed by atoms with van der Waals surface area (Å²) in [4.78, 5) is 0. The Bertz CT molecular complexity index is 328. The van der Waals surface area contributed by atoms with Gasteiger partial charge in [-0.25, -0.2) is 0 Å². The molecule has 0 aromatic heterocycles. The number of nitrogens with two attached hydrogens (primary N) is 1. The van der Waals surface area contributed by atoms with Crippen LogP contribution in [0.25, 0.3) is 0 Å². The van der Waals surface area contributed by atoms with Crippen molar-refractivity contribution in [3.63, 3.8) is 0 Å². The maximum Gasteiger partial charge on any atom is 0.419 e. The second kappa shape index (κ2) is 5.23. The SMILES string of the molecule is COc1ccc(CN)cc1C(F)(F)F.Cl. The van der Waals surface area contributed by atoms with Crippen molar-refractivity contribution in [2.24, 2.45) is 5.73 Å². The third-order valence-electron chi connectivity index (χ3n) is 1.80. The molecule has 86 valence electrons. The maximum atomic E-state index is 12.4. The summed E-state index contributed by atoms with van der Waals surface area (Å²) in [5, 5.41) is 0. The zero-order valence-electron chi connectivity index (χ0n) is 7.97. The zero-order valence-corrected chi connectivity index (χ0v) is 8.78. The first kappa shape index (κ1) is 14.1. The van der Waals surface area contributed by atoms with Gasteiger partial charge in [-0.3, -0.25) is 0 Å². The van der Waals surface area contributed by atoms with Crippen molar-refractivity contribution in [2.75, 3.05) is 7.11 Å². The highest BCUT2D eigenvalue weighted by atomic mass is 35.5. The first-order chi connectivity index (χ1) is 6.49. The van der Waals surface area contributed by atoms with Crippen LogP contribution in [0.5, 0.6) is 5.75 Å². The van der Waals surface area contributed by atoms with Crippen LogP contribution < -0.4 is 10.5 Å². The van der Waals surface area contributed by atoms with Crippen molar-refractivity contribution in [1.82, 2.24) is 0 Å². The Hall–Kier alpha value is -0.940. The molecule has 0 unspecified atom stereocenters. The smallest absolute Gasteiger partial charge is 0.419 e. The Morgan fingerprint density at radius 3 is 2.33 bits per heavy atom. The molecule has 0 saturated heterocycles. The Labute approximate surface area is 91.6 Å². The molecule has 1 aromatic carbocycles. The van der Waals surface area contributed by atoms with Crippen LogP contribution in [-0.4, -0.2) is 7.11 Å². The quantitative estimate of drug-likeness (QED) is 0.864. The van der Waals surface area contributed by atoms with Crippen molar-refractivity contribution < 1.29 is 17.9 Å². The molecular formula is C9H11ClF3NO. The second-order valence-corrected chi connectivity index (χ2v) is 2.74. The van der Waals surface area contributed by atoms with E-state index in [4.69, 9.17) is 5.73 Å². The van der Waals surface area contributed by atoms with Gasteiger partial charge in [-0.2, -0.15) is 13.2 Å². The van der Waals surface area contributed by atoms with Gasteiger partial charge in [0.1, 0.15) is 5.75 Å². The summed E-state index contributed by atoms with van der Waals surface area (Å²) >= 11 is 0. The number of halogens is 4. The third kappa shape index (κ3) is 3.28. The van der Waals surface area contributed by atoms with Gasteiger partial charge < -0.3 is 10.5 Å². The molecule has 15 heavy (non-hydrogen) atoms. The molecule has 2 nitrogen and oxygen atoms in total. The van der Waals surface area contributed by atoms with E-state index in [1.165, 1.54) is 19.2 Å². The van der Waals surface area contributed by atoms with Gasteiger partial charge in [0.25, 0.3) is 0 Å². The summed E-state index contributed by atoms with van der Waals surface area (Å²) in [5.74, 6) is -0.185. The number of hydrogen-bond donors (Lipinski definition) is 1. The van der Waals surface area contributed by atoms with Crippen molar-refractivity contribution >= 4 is 12.4 Å². The molecule has 2 N–H and O–H groups in total. The molecule has 1 aromatic rings. The fourth-order valence-corrected chi connectivity index (χ4v) is 1.10. The summed E-state index contributed by atoms with van der Waals surface area (Å²) in [7, 11) is 1.20. The molecule has 0 fully saturated rings. The molecule has 0 aliphatic carbocycles. The normalized spacial score (nSPS) is 10.7. The average Bonchev–Trinajstić information content (AvgIpc) is 2.15. The topological polar surface area (TPSA) is 35.2 Å². The predicted molar refractivity (Wildman–Crippen MR) is 53.1 cm³/mol. The average molecular weight is 242 g/mol. The van der Waals surface area contributed by atoms with E-state index in [1.807, 2.05) is 0 Å². The lowest BCUT2D eigenvalue weighted by Gasteiger charge is -2.12. The Balaban J connectivity index is 0.00000196. The minimum atomic E-state index is -4.41. The van der Waals surface area contributed by atoms with E-state index in [0.717, 1.165) is 6.07 Å². The molecule has 0 bridgehead atoms. The zero-order chi connectivity index (χ0) is 10.8. The van der Waals surface area contributed by atoms with E-state index in [9.17, 15) is 13.2 Å². The minimum absolute atomic E-state index is 0. The van der Waals surface area contributed by atoms with Crippen LogP contribution >= 0.6 is 12.4 Å². The first-order valence-corrected chi connectivity index (χ1v) is 3.93. The van der Waals surface area contributed by atoms with Crippen molar-refractivity contribution in [1.29, 1.82) is 0 Å². The predicted octanol–water partition coefficient (Wildman–Crippen LogP) is 2.59. The van der Waals surface area contributed by atoms with E-state index in [0.29, 0.717) is 5.56 Å². The molecule has 0 atom stereocenters. The highest BCUT2D eigenvalue weighted by Gasteiger charge is 2.34. The Kier molecular flexibility index (Phi) is 4.90. The Morgan fingerprint density at radius 1 is 1.33 bits per heavy atom. The fraction of sp³-hybridized carbons (Fsp3) is 0.333. The Morgan fingerprint density at radius 2 is 1.93 bits per heavy atom. The summed E-state index contributed by atoms with van der Waals surface area (Å²) in [6.07, 6.45) is -4.41. The van der Waals surface area contributed by atoms with Crippen LogP contribution in [0.2, 0.25) is 0 Å². The van der Waals surface area contributed by atoms with E-state index >= 15 is 0 Å². The van der Waals surface area contributed by atoms with Crippen LogP contribution in [0.1, 0.15) is 11.1 Å². The fourth-order valence-electron chi connectivity index (χ4n) is 1.10. The molecule has 0 heterocycles. The van der Waals surface area contributed by atoms with Crippen molar-refractivity contribution in [3.05, 3.63) is 29.3 Å². The van der Waals surface area contributed by atoms with Crippen LogP contribution in [-0.2, 0) is 12.7 Å². The van der Waals surface area contributed by atoms with Gasteiger partial charge in [-0.05, 0) is 17.7 Å². The summed E-state index contributed by atoms with van der Waals surface area (Å²) in [5.41, 5.74) is 4.89. The van der Waals surface area contributed by atoms with Gasteiger partial charge in [0, 0.05) is 6.54 Å². The lowest BCUT2D eigenvalue weighted by molar-refractivity contribution is -0.138. The summed E-state index contributed by atoms with van der Waals surface area (Å²) < 4.78 is 41.9. The number of alkyl halides is 3. The number of hydrogen-bond acceptors (Lipinski definition) is 2. The molecule has 0 aliphatic heterocycles. The first-order valence-electron chi connectivity index (χ1n) is 3.93. The van der Waals surface area contributed by atoms with Crippen molar-refractivity contribution in [2.45, 2.75) is 12.7 Å². The van der Waals surface area contributed by atoms with E-state index in [-0.39, 0.29) is 24.7 Å². The molecule has 0 amide bonds. The van der Waals surface area contributed by atoms with E-state index in [2.05, 4.69) is 4.74 Å². The molecule has 0 spiro atoms. The number of methoxy groups -OCH3 is 1. The van der Waals surface area contributed by atoms with Gasteiger partial charge in [-0.1, -0.05) is 6.07 Å². The molecule has 0 aliphatic rings. The standard InChI is InChI=1S/C9H10F3NO.ClH/c1-14-8-3-2-6(5-13)4-7(8)9(10,11)12;/h2-4H,5,13H2,1H3;1H. The van der Waals surface area contributed by atoms with E-state index in [1.54, 1.807) is 0 Å². The van der Waals surface area contributed by atoms with Gasteiger partial charge in [0.2, 0.25) is 0 Å². The highest BCUT2D eigenvalue weighted by Crippen LogP contribution is 2.36. The maximum absolute atomic E-state index is 12.4. The lowest BCUT2D eigenvalue weighted by atomic mass is 10.1. The van der Waals surface area contributed by atoms with Gasteiger partial charge in [-0.15, -0.1) is 12.4 Å². The van der Waals surface area contributed by atoms with Crippen molar-refractivity contribution in [3.8, 4) is 5.75 Å². The number of benzene rings is 1. The monoisotopic (exact) mass is 241 g/mol. The lowest BCUT2D eigenvalue weighted by Crippen LogP contribution is -2.09. The van der Waals surface area contributed by atoms with Crippen LogP contribution in [0.4, 0.5) is 13.2 Å². The largest absolute Gasteiger partial charge is 0.496 e. The van der Waals surface area contributed by atoms with Crippen LogP contribution in [0.15, 0.2) is 18.2 Å². The molecule has 1 rings (SSSR count). The van der Waals surface area contributed by atoms with Crippen LogP contribution in [0, 0.1) is 0 Å². The summed E-state index contributed by atoms with van der Waals surface area (Å²) in [6, 6.07) is 3.78. The highest BCUT2D eigenvalue weighted by molar-refractivity contribution is 5.85. The number of rotatable bonds is 2. The van der Waals surface area contributed by atoms with Gasteiger partial charge >= 0.3 is 6.18 Å².